The highest BCUT2D eigenvalue weighted by Crippen LogP contribution is 2.47. The summed E-state index contributed by atoms with van der Waals surface area (Å²) in [7, 11) is -9.61. The molecule has 780 valence electrons. The van der Waals surface area contributed by atoms with Crippen molar-refractivity contribution in [1.82, 2.24) is 43.4 Å². The lowest BCUT2D eigenvalue weighted by Crippen LogP contribution is -2.36. The maximum atomic E-state index is 12.7. The Labute approximate surface area is 805 Å². The molecule has 3 aromatic rings. The highest BCUT2D eigenvalue weighted by molar-refractivity contribution is 7.47. The average Bonchev–Trinajstić information content (AvgIpc) is 1.67. The standard InChI is InChI=1S/C34H63N4O8P.C32H59N4O8P.C30H55N4O8P/c1-4-7-8-9-10-11-12-13-14-15-16-17-18-19-20-21-26-44-47(42,43)45-27-29-31(39)32(40)33(46-29)38-25-22-30(36-34(38)41)35-28-37(23-5-2)24-6-3;1-4-7-8-9-10-11-12-13-14-15-16-17-18-19-20-21-24-42-45(40,41)43-25-27-29(37)30(38)31(44-27)36-23-22-28(34-32(36)39)33-26-35(5-2)6-3;1-4-5-6-7-8-9-10-11-12-13-14-15-16-17-18-19-22-40-43(38,39)41-23-25-27(35)28(36)29(42-25)34-21-20-26(32-30(34)37)31-24-33(2)3/h22,25,28-29,31-33,39-40H,4-21,23-24,26-27H2,1-3H3,(H,42,43);22-23,26-27,29-31,37-38H,4-21,24-25H2,1-3H3,(H,40,41);20-21,24-25,27-29,35-36H,4-19,22-23H2,1-3H3,(H,38,39)/t29-,31+,32?,33-;27-,29+,30?,31-;25-,27+,28?,29-/m111/s1. The fourth-order valence-electron chi connectivity index (χ4n) is 16.0. The van der Waals surface area contributed by atoms with E-state index in [9.17, 15) is 73.4 Å². The molecule has 0 aliphatic carbocycles. The molecule has 0 amide bonds. The number of aliphatic hydroxyl groups excluding tert-OH is 6. The van der Waals surface area contributed by atoms with Gasteiger partial charge < -0.3 is 74.2 Å². The number of phosphoric acid groups is 3. The molecular weight excluding hydrogens is 1800 g/mol. The molecule has 0 saturated carbocycles. The minimum atomic E-state index is -4.39. The van der Waals surface area contributed by atoms with Crippen LogP contribution in [0.3, 0.4) is 0 Å². The highest BCUT2D eigenvalue weighted by Gasteiger charge is 2.48. The van der Waals surface area contributed by atoms with E-state index >= 15 is 0 Å². The van der Waals surface area contributed by atoms with Crippen LogP contribution in [0.25, 0.3) is 0 Å². The van der Waals surface area contributed by atoms with Crippen molar-refractivity contribution in [2.75, 3.05) is 79.9 Å². The number of hydrogen-bond acceptors (Lipinski definition) is 27. The van der Waals surface area contributed by atoms with Crippen molar-refractivity contribution in [3.63, 3.8) is 0 Å². The van der Waals surface area contributed by atoms with Crippen LogP contribution in [0.1, 0.15) is 388 Å². The summed E-state index contributed by atoms with van der Waals surface area (Å²) >= 11 is 0. The van der Waals surface area contributed by atoms with Crippen molar-refractivity contribution in [3.8, 4) is 0 Å². The van der Waals surface area contributed by atoms with E-state index in [0.29, 0.717) is 19.3 Å². The Morgan fingerprint density at radius 1 is 0.319 bits per heavy atom. The SMILES string of the molecule is CCCCCCCCCCCCCCCCCCOP(=O)(O)OC[C@H]1O[C@@H](n2ccc(N=CN(C)C)nc2=O)C(O)[C@H]1O.CCCCCCCCCCCCCCCCCCOP(=O)(O)OC[C@H]1O[C@@H](n2ccc(N=CN(CC)CC)nc2=O)C(O)[C@H]1O.CCCCCCCCCCCCCCCCCCOP(=O)(O)OC[C@H]1O[C@@H](n2ccc(N=CN(CCC)CCC)nc2=O)C(O)[C@H]1O. The largest absolute Gasteiger partial charge is 0.472 e. The second-order valence-electron chi connectivity index (χ2n) is 36.2. The summed E-state index contributed by atoms with van der Waals surface area (Å²) in [4.78, 5) is 97.7. The third-order valence-corrected chi connectivity index (χ3v) is 27.2. The van der Waals surface area contributed by atoms with Crippen molar-refractivity contribution in [2.24, 2.45) is 15.0 Å². The summed E-state index contributed by atoms with van der Waals surface area (Å²) in [6.45, 7) is 16.8. The van der Waals surface area contributed by atoms with Gasteiger partial charge in [-0.15, -0.1) is 0 Å². The highest BCUT2D eigenvalue weighted by atomic mass is 31.2. The number of phosphoric ester groups is 3. The predicted molar refractivity (Wildman–Crippen MR) is 530 cm³/mol. The fraction of sp³-hybridized carbons (Fsp3) is 0.844. The molecule has 3 aromatic heterocycles. The summed E-state index contributed by atoms with van der Waals surface area (Å²) in [6.07, 6.45) is 54.0. The minimum Gasteiger partial charge on any atom is -0.387 e. The normalized spacial score (nSPS) is 21.5. The van der Waals surface area contributed by atoms with Crippen LogP contribution in [0, 0.1) is 0 Å². The van der Waals surface area contributed by atoms with Gasteiger partial charge in [-0.2, -0.15) is 15.0 Å². The second-order valence-corrected chi connectivity index (χ2v) is 40.6. The zero-order chi connectivity index (χ0) is 98.8. The van der Waals surface area contributed by atoms with Gasteiger partial charge in [0.05, 0.1) is 58.7 Å². The summed E-state index contributed by atoms with van der Waals surface area (Å²) in [5.74, 6) is 0.573. The molecule has 0 bridgehead atoms. The van der Waals surface area contributed by atoms with Gasteiger partial charge in [0, 0.05) is 58.9 Å². The van der Waals surface area contributed by atoms with Gasteiger partial charge in [0.1, 0.15) is 54.9 Å². The maximum absolute atomic E-state index is 12.7. The molecule has 0 aromatic carbocycles. The zero-order valence-electron chi connectivity index (χ0n) is 83.4. The molecule has 36 nitrogen and oxygen atoms in total. The monoisotopic (exact) mass is 1980 g/mol. The third kappa shape index (κ3) is 53.6. The van der Waals surface area contributed by atoms with E-state index in [1.165, 1.54) is 274 Å². The van der Waals surface area contributed by atoms with Crippen LogP contribution in [-0.2, 0) is 55.0 Å². The molecule has 6 heterocycles. The Morgan fingerprint density at radius 3 is 0.741 bits per heavy atom. The molecule has 6 unspecified atom stereocenters. The molecule has 0 radical (unpaired) electrons. The number of aromatic nitrogens is 6. The van der Waals surface area contributed by atoms with Crippen LogP contribution in [0.15, 0.2) is 66.2 Å². The number of aliphatic imine (C=N–C) groups is 3. The Bertz CT molecular complexity index is 3940. The molecule has 135 heavy (non-hydrogen) atoms. The number of unbranched alkanes of at least 4 members (excludes halogenated alkanes) is 45. The number of aliphatic hydroxyl groups is 6. The van der Waals surface area contributed by atoms with Crippen molar-refractivity contribution in [1.29, 1.82) is 0 Å². The first-order valence-corrected chi connectivity index (χ1v) is 56.0. The van der Waals surface area contributed by atoms with E-state index in [4.69, 9.17) is 41.4 Å². The lowest BCUT2D eigenvalue weighted by Gasteiger charge is -2.18. The lowest BCUT2D eigenvalue weighted by molar-refractivity contribution is -0.0551. The summed E-state index contributed by atoms with van der Waals surface area (Å²) in [5, 5.41) is 62.8. The minimum absolute atomic E-state index is 0.0786. The Balaban J connectivity index is 0.000000424. The topological polar surface area (TPSA) is 468 Å². The Hall–Kier alpha value is -4.98. The van der Waals surface area contributed by atoms with Gasteiger partial charge in [-0.1, -0.05) is 324 Å². The molecular formula is C96H177N12O24P3. The second kappa shape index (κ2) is 74.0. The quantitative estimate of drug-likeness (QED) is 0.0110. The van der Waals surface area contributed by atoms with Crippen LogP contribution < -0.4 is 17.1 Å². The maximum Gasteiger partial charge on any atom is 0.472 e. The van der Waals surface area contributed by atoms with Gasteiger partial charge in [-0.05, 0) is 64.2 Å². The van der Waals surface area contributed by atoms with Crippen molar-refractivity contribution < 1.29 is 100 Å². The number of ether oxygens (including phenoxy) is 3. The summed E-state index contributed by atoms with van der Waals surface area (Å²) in [5.41, 5.74) is -2.18. The molecule has 6 rings (SSSR count). The van der Waals surface area contributed by atoms with E-state index < -0.39 is 134 Å². The smallest absolute Gasteiger partial charge is 0.387 e. The van der Waals surface area contributed by atoms with Gasteiger partial charge in [-0.3, -0.25) is 40.8 Å². The van der Waals surface area contributed by atoms with Crippen LogP contribution in [0.5, 0.6) is 0 Å². The molecule has 3 aliphatic heterocycles. The zero-order valence-corrected chi connectivity index (χ0v) is 86.1. The lowest BCUT2D eigenvalue weighted by atomic mass is 10.0. The molecule has 3 aliphatic rings. The summed E-state index contributed by atoms with van der Waals surface area (Å²) < 4.78 is 87.3. The van der Waals surface area contributed by atoms with Crippen LogP contribution >= 0.6 is 23.5 Å². The average molecular weight is 1980 g/mol. The Morgan fingerprint density at radius 2 is 0.533 bits per heavy atom. The van der Waals surface area contributed by atoms with Crippen LogP contribution in [-0.4, -0.2) is 243 Å². The summed E-state index contributed by atoms with van der Waals surface area (Å²) in [6, 6.07) is 4.46. The van der Waals surface area contributed by atoms with E-state index in [0.717, 1.165) is 111 Å². The molecule has 39 heteroatoms. The molecule has 9 N–H and O–H groups in total. The number of hydrogen-bond donors (Lipinski definition) is 9. The van der Waals surface area contributed by atoms with Crippen molar-refractivity contribution in [3.05, 3.63) is 68.2 Å². The van der Waals surface area contributed by atoms with Gasteiger partial charge in [0.15, 0.2) is 36.1 Å². The first-order chi connectivity index (χ1) is 65.1. The van der Waals surface area contributed by atoms with E-state index in [-0.39, 0.29) is 37.3 Å². The molecule has 3 saturated heterocycles. The van der Waals surface area contributed by atoms with Gasteiger partial charge >= 0.3 is 40.5 Å². The van der Waals surface area contributed by atoms with E-state index in [1.807, 2.05) is 23.6 Å². The van der Waals surface area contributed by atoms with Gasteiger partial charge in [-0.25, -0.2) is 43.1 Å². The van der Waals surface area contributed by atoms with Crippen LogP contribution in [0.4, 0.5) is 17.5 Å². The number of rotatable bonds is 78. The molecule has 15 atom stereocenters. The first kappa shape index (κ1) is 122. The Kier molecular flexibility index (Phi) is 67.1. The molecule has 0 spiro atoms. The van der Waals surface area contributed by atoms with Crippen LogP contribution in [0.2, 0.25) is 0 Å². The van der Waals surface area contributed by atoms with Crippen molar-refractivity contribution in [2.45, 2.75) is 443 Å². The van der Waals surface area contributed by atoms with E-state index in [2.05, 4.69) is 64.5 Å². The first-order valence-electron chi connectivity index (χ1n) is 51.5. The number of nitrogens with zero attached hydrogens (tertiary/aromatic N) is 12. The molecule has 3 fully saturated rings. The van der Waals surface area contributed by atoms with E-state index in [1.54, 1.807) is 31.7 Å². The van der Waals surface area contributed by atoms with Gasteiger partial charge in [0.25, 0.3) is 0 Å². The van der Waals surface area contributed by atoms with Gasteiger partial charge in [0.2, 0.25) is 0 Å². The third-order valence-electron chi connectivity index (χ3n) is 24.2. The predicted octanol–water partition coefficient (Wildman–Crippen LogP) is 18.8. The fourth-order valence-corrected chi connectivity index (χ4v) is 18.4. The van der Waals surface area contributed by atoms with Crippen molar-refractivity contribution >= 4 is 59.9 Å².